The summed E-state index contributed by atoms with van der Waals surface area (Å²) in [6.45, 7) is 3.23. The number of hydrogen-bond donors (Lipinski definition) is 0. The third-order valence-corrected chi connectivity index (χ3v) is 4.40. The Kier molecular flexibility index (Phi) is 5.18. The summed E-state index contributed by atoms with van der Waals surface area (Å²) in [6.07, 6.45) is 0. The van der Waals surface area contributed by atoms with Gasteiger partial charge in [-0.15, -0.1) is 0 Å². The zero-order valence-electron chi connectivity index (χ0n) is 12.8. The van der Waals surface area contributed by atoms with Crippen molar-refractivity contribution in [2.24, 2.45) is 0 Å². The quantitative estimate of drug-likeness (QED) is 0.823. The average Bonchev–Trinajstić information content (AvgIpc) is 2.61. The van der Waals surface area contributed by atoms with Crippen LogP contribution in [0.3, 0.4) is 0 Å². The van der Waals surface area contributed by atoms with Crippen molar-refractivity contribution >= 4 is 27.5 Å². The van der Waals surface area contributed by atoms with E-state index in [-0.39, 0.29) is 12.5 Å². The number of piperazine rings is 1. The van der Waals surface area contributed by atoms with Crippen molar-refractivity contribution in [1.29, 1.82) is 0 Å². The lowest BCUT2D eigenvalue weighted by atomic mass is 10.2. The van der Waals surface area contributed by atoms with E-state index in [1.807, 2.05) is 47.4 Å². The maximum absolute atomic E-state index is 12.2. The number of halogens is 1. The van der Waals surface area contributed by atoms with Crippen LogP contribution in [0.15, 0.2) is 59.1 Å². The predicted molar refractivity (Wildman–Crippen MR) is 94.9 cm³/mol. The van der Waals surface area contributed by atoms with Gasteiger partial charge in [-0.25, -0.2) is 0 Å². The molecule has 0 unspecified atom stereocenters. The third-order valence-electron chi connectivity index (χ3n) is 3.91. The van der Waals surface area contributed by atoms with Crippen molar-refractivity contribution in [3.8, 4) is 5.75 Å². The molecular formula is C18H19BrN2O2. The molecule has 0 bridgehead atoms. The molecule has 3 rings (SSSR count). The molecule has 4 nitrogen and oxygen atoms in total. The fraction of sp³-hybridized carbons (Fsp3) is 0.278. The zero-order valence-corrected chi connectivity index (χ0v) is 14.4. The van der Waals surface area contributed by atoms with Crippen LogP contribution >= 0.6 is 15.9 Å². The van der Waals surface area contributed by atoms with E-state index in [0.717, 1.165) is 36.4 Å². The number of carbonyl (C=O) groups excluding carboxylic acids is 1. The molecule has 2 aromatic rings. The fourth-order valence-electron chi connectivity index (χ4n) is 2.64. The highest BCUT2D eigenvalue weighted by molar-refractivity contribution is 9.10. The minimum Gasteiger partial charge on any atom is -0.484 e. The number of carbonyl (C=O) groups is 1. The second kappa shape index (κ2) is 7.51. The van der Waals surface area contributed by atoms with E-state index in [1.165, 1.54) is 5.69 Å². The van der Waals surface area contributed by atoms with Crippen LogP contribution in [0.25, 0.3) is 0 Å². The predicted octanol–water partition coefficient (Wildman–Crippen LogP) is 3.18. The molecule has 0 saturated carbocycles. The maximum atomic E-state index is 12.2. The van der Waals surface area contributed by atoms with Crippen LogP contribution < -0.4 is 9.64 Å². The van der Waals surface area contributed by atoms with Gasteiger partial charge in [0.25, 0.3) is 5.91 Å². The van der Waals surface area contributed by atoms with Gasteiger partial charge in [0.1, 0.15) is 5.75 Å². The van der Waals surface area contributed by atoms with Crippen LogP contribution in [0, 0.1) is 0 Å². The Morgan fingerprint density at radius 3 is 2.43 bits per heavy atom. The molecule has 0 radical (unpaired) electrons. The Bertz CT molecular complexity index is 655. The summed E-state index contributed by atoms with van der Waals surface area (Å²) in [5.74, 6) is 0.774. The van der Waals surface area contributed by atoms with Crippen LogP contribution in [0.5, 0.6) is 5.75 Å². The first kappa shape index (κ1) is 15.9. The van der Waals surface area contributed by atoms with Crippen molar-refractivity contribution in [2.75, 3.05) is 37.7 Å². The smallest absolute Gasteiger partial charge is 0.260 e. The van der Waals surface area contributed by atoms with Gasteiger partial charge in [-0.3, -0.25) is 4.79 Å². The molecule has 1 heterocycles. The zero-order chi connectivity index (χ0) is 16.1. The summed E-state index contributed by atoms with van der Waals surface area (Å²) >= 11 is 3.50. The van der Waals surface area contributed by atoms with Crippen LogP contribution in [0.2, 0.25) is 0 Å². The Labute approximate surface area is 144 Å². The SMILES string of the molecule is O=C(COc1ccccc1)N1CCN(c2cccc(Br)c2)CC1. The highest BCUT2D eigenvalue weighted by Crippen LogP contribution is 2.21. The van der Waals surface area contributed by atoms with Crippen LogP contribution in [0.4, 0.5) is 5.69 Å². The van der Waals surface area contributed by atoms with E-state index >= 15 is 0 Å². The lowest BCUT2D eigenvalue weighted by Crippen LogP contribution is -2.50. The topological polar surface area (TPSA) is 32.8 Å². The summed E-state index contributed by atoms with van der Waals surface area (Å²) in [5, 5.41) is 0. The summed E-state index contributed by atoms with van der Waals surface area (Å²) in [6, 6.07) is 17.7. The van der Waals surface area contributed by atoms with Crippen LogP contribution in [0.1, 0.15) is 0 Å². The van der Waals surface area contributed by atoms with Crippen molar-refractivity contribution in [1.82, 2.24) is 4.90 Å². The third kappa shape index (κ3) is 4.26. The average molecular weight is 375 g/mol. The Balaban J connectivity index is 1.49. The lowest BCUT2D eigenvalue weighted by molar-refractivity contribution is -0.133. The number of amides is 1. The molecule has 2 aromatic carbocycles. The fourth-order valence-corrected chi connectivity index (χ4v) is 3.03. The van der Waals surface area contributed by atoms with E-state index in [9.17, 15) is 4.79 Å². The molecule has 0 N–H and O–H groups in total. The van der Waals surface area contributed by atoms with Gasteiger partial charge in [0.15, 0.2) is 6.61 Å². The molecule has 0 aliphatic carbocycles. The van der Waals surface area contributed by atoms with E-state index in [1.54, 1.807) is 0 Å². The molecule has 5 heteroatoms. The summed E-state index contributed by atoms with van der Waals surface area (Å²) < 4.78 is 6.61. The molecular weight excluding hydrogens is 356 g/mol. The first-order chi connectivity index (χ1) is 11.2. The second-order valence-electron chi connectivity index (χ2n) is 5.45. The summed E-state index contributed by atoms with van der Waals surface area (Å²) in [4.78, 5) is 16.4. The molecule has 1 aliphatic rings. The van der Waals surface area contributed by atoms with Crippen molar-refractivity contribution < 1.29 is 9.53 Å². The molecule has 23 heavy (non-hydrogen) atoms. The van der Waals surface area contributed by atoms with Crippen molar-refractivity contribution in [3.63, 3.8) is 0 Å². The molecule has 0 spiro atoms. The van der Waals surface area contributed by atoms with E-state index < -0.39 is 0 Å². The number of nitrogens with zero attached hydrogens (tertiary/aromatic N) is 2. The number of hydrogen-bond acceptors (Lipinski definition) is 3. The number of ether oxygens (including phenoxy) is 1. The summed E-state index contributed by atoms with van der Waals surface area (Å²) in [7, 11) is 0. The lowest BCUT2D eigenvalue weighted by Gasteiger charge is -2.36. The monoisotopic (exact) mass is 374 g/mol. The van der Waals surface area contributed by atoms with Crippen molar-refractivity contribution in [3.05, 3.63) is 59.1 Å². The van der Waals surface area contributed by atoms with Gasteiger partial charge >= 0.3 is 0 Å². The Hall–Kier alpha value is -2.01. The number of anilines is 1. The Morgan fingerprint density at radius 1 is 1.00 bits per heavy atom. The molecule has 1 aliphatic heterocycles. The van der Waals surface area contributed by atoms with Gasteiger partial charge in [0, 0.05) is 36.3 Å². The normalized spacial score (nSPS) is 14.7. The van der Waals surface area contributed by atoms with Gasteiger partial charge < -0.3 is 14.5 Å². The first-order valence-electron chi connectivity index (χ1n) is 7.68. The second-order valence-corrected chi connectivity index (χ2v) is 6.37. The van der Waals surface area contributed by atoms with Gasteiger partial charge in [0.2, 0.25) is 0 Å². The molecule has 1 fully saturated rings. The highest BCUT2D eigenvalue weighted by atomic mass is 79.9. The van der Waals surface area contributed by atoms with E-state index in [0.29, 0.717) is 0 Å². The van der Waals surface area contributed by atoms with E-state index in [2.05, 4.69) is 33.0 Å². The number of benzene rings is 2. The standard InChI is InChI=1S/C18H19BrN2O2/c19-15-5-4-6-16(13-15)20-9-11-21(12-10-20)18(22)14-23-17-7-2-1-3-8-17/h1-8,13H,9-12,14H2. The minimum absolute atomic E-state index is 0.0442. The molecule has 1 amide bonds. The first-order valence-corrected chi connectivity index (χ1v) is 8.48. The Morgan fingerprint density at radius 2 is 1.74 bits per heavy atom. The van der Waals surface area contributed by atoms with Gasteiger partial charge in [0.05, 0.1) is 0 Å². The summed E-state index contributed by atoms with van der Waals surface area (Å²) in [5.41, 5.74) is 1.19. The van der Waals surface area contributed by atoms with E-state index in [4.69, 9.17) is 4.74 Å². The molecule has 0 atom stereocenters. The van der Waals surface area contributed by atoms with Crippen molar-refractivity contribution in [2.45, 2.75) is 0 Å². The molecule has 1 saturated heterocycles. The van der Waals surface area contributed by atoms with Crippen LogP contribution in [-0.2, 0) is 4.79 Å². The van der Waals surface area contributed by atoms with Gasteiger partial charge in [-0.1, -0.05) is 40.2 Å². The van der Waals surface area contributed by atoms with Gasteiger partial charge in [-0.2, -0.15) is 0 Å². The minimum atomic E-state index is 0.0442. The number of para-hydroxylation sites is 1. The molecule has 0 aromatic heterocycles. The van der Waals surface area contributed by atoms with Gasteiger partial charge in [-0.05, 0) is 30.3 Å². The largest absolute Gasteiger partial charge is 0.484 e. The highest BCUT2D eigenvalue weighted by Gasteiger charge is 2.21. The number of rotatable bonds is 4. The van der Waals surface area contributed by atoms with Crippen LogP contribution in [-0.4, -0.2) is 43.6 Å². The molecule has 120 valence electrons. The maximum Gasteiger partial charge on any atom is 0.260 e.